The van der Waals surface area contributed by atoms with Crippen molar-refractivity contribution in [3.8, 4) is 0 Å². The Morgan fingerprint density at radius 3 is 2.59 bits per heavy atom. The number of nitrogens with zero attached hydrogens (tertiary/aromatic N) is 2. The van der Waals surface area contributed by atoms with Gasteiger partial charge in [-0.05, 0) is 48.9 Å². The second kappa shape index (κ2) is 11.7. The second-order valence-electron chi connectivity index (χ2n) is 6.94. The first-order chi connectivity index (χ1) is 12.8. The van der Waals surface area contributed by atoms with Crippen molar-refractivity contribution in [2.24, 2.45) is 4.99 Å². The van der Waals surface area contributed by atoms with Gasteiger partial charge in [-0.2, -0.15) is 0 Å². The third-order valence-electron chi connectivity index (χ3n) is 5.11. The van der Waals surface area contributed by atoms with Crippen LogP contribution in [0.15, 0.2) is 46.8 Å². The summed E-state index contributed by atoms with van der Waals surface area (Å²) in [5, 5.41) is 8.95. The minimum absolute atomic E-state index is 0. The van der Waals surface area contributed by atoms with Crippen LogP contribution in [0, 0.1) is 0 Å². The topological polar surface area (TPSA) is 39.7 Å². The zero-order chi connectivity index (χ0) is 18.2. The van der Waals surface area contributed by atoms with Crippen molar-refractivity contribution in [3.05, 3.63) is 57.8 Å². The molecule has 0 amide bonds. The molecular weight excluding hydrogens is 467 g/mol. The lowest BCUT2D eigenvalue weighted by atomic mass is 10.0. The van der Waals surface area contributed by atoms with Crippen molar-refractivity contribution >= 4 is 41.3 Å². The lowest BCUT2D eigenvalue weighted by Gasteiger charge is -2.33. The summed E-state index contributed by atoms with van der Waals surface area (Å²) in [6.45, 7) is 6.22. The number of hydrogen-bond acceptors (Lipinski definition) is 3. The number of benzene rings is 1. The van der Waals surface area contributed by atoms with Crippen LogP contribution in [0.25, 0.3) is 0 Å². The lowest BCUT2D eigenvalue weighted by molar-refractivity contribution is 0.152. The van der Waals surface area contributed by atoms with E-state index in [9.17, 15) is 0 Å². The Kier molecular flexibility index (Phi) is 9.58. The molecule has 4 nitrogen and oxygen atoms in total. The van der Waals surface area contributed by atoms with Gasteiger partial charge in [0.05, 0.1) is 6.54 Å². The molecule has 1 aliphatic rings. The van der Waals surface area contributed by atoms with E-state index in [1.165, 1.54) is 41.8 Å². The van der Waals surface area contributed by atoms with Crippen LogP contribution in [0.3, 0.4) is 0 Å². The monoisotopic (exact) mass is 498 g/mol. The Hall–Kier alpha value is -1.12. The van der Waals surface area contributed by atoms with Crippen LogP contribution >= 0.6 is 35.3 Å². The summed E-state index contributed by atoms with van der Waals surface area (Å²) in [6.07, 6.45) is 4.01. The second-order valence-corrected chi connectivity index (χ2v) is 7.97. The first-order valence-corrected chi connectivity index (χ1v) is 10.4. The fourth-order valence-corrected chi connectivity index (χ4v) is 4.12. The molecule has 1 saturated heterocycles. The molecule has 0 bridgehead atoms. The van der Waals surface area contributed by atoms with Gasteiger partial charge in [-0.3, -0.25) is 9.89 Å². The van der Waals surface area contributed by atoms with Crippen molar-refractivity contribution in [1.82, 2.24) is 15.5 Å². The Morgan fingerprint density at radius 1 is 1.11 bits per heavy atom. The highest BCUT2D eigenvalue weighted by Crippen LogP contribution is 2.20. The van der Waals surface area contributed by atoms with E-state index in [4.69, 9.17) is 0 Å². The summed E-state index contributed by atoms with van der Waals surface area (Å²) in [5.74, 6) is 0.847. The molecule has 148 valence electrons. The molecule has 0 radical (unpaired) electrons. The first-order valence-electron chi connectivity index (χ1n) is 9.54. The summed E-state index contributed by atoms with van der Waals surface area (Å²) >= 11 is 1.76. The van der Waals surface area contributed by atoms with E-state index in [0.717, 1.165) is 25.6 Å². The minimum Gasteiger partial charge on any atom is -0.352 e. The molecule has 0 spiro atoms. The van der Waals surface area contributed by atoms with E-state index < -0.39 is 0 Å². The normalized spacial score (nSPS) is 18.0. The SMILES string of the molecule is CN=C(NCc1cccs1)NCc1ccccc1CN1CCCCC1C.I. The molecule has 1 aliphatic heterocycles. The number of thiophene rings is 1. The van der Waals surface area contributed by atoms with Crippen LogP contribution in [0.4, 0.5) is 0 Å². The van der Waals surface area contributed by atoms with Crippen LogP contribution in [0.1, 0.15) is 42.2 Å². The van der Waals surface area contributed by atoms with Gasteiger partial charge < -0.3 is 10.6 Å². The number of likely N-dealkylation sites (tertiary alicyclic amines) is 1. The molecule has 6 heteroatoms. The molecule has 2 N–H and O–H groups in total. The van der Waals surface area contributed by atoms with Gasteiger partial charge in [-0.1, -0.05) is 36.8 Å². The molecule has 2 heterocycles. The van der Waals surface area contributed by atoms with Gasteiger partial charge in [-0.15, -0.1) is 35.3 Å². The Balaban J connectivity index is 0.00000261. The Labute approximate surface area is 184 Å². The third-order valence-corrected chi connectivity index (χ3v) is 5.99. The van der Waals surface area contributed by atoms with Gasteiger partial charge in [0.15, 0.2) is 5.96 Å². The molecular formula is C21H31IN4S. The zero-order valence-electron chi connectivity index (χ0n) is 16.3. The first kappa shape index (κ1) is 22.2. The smallest absolute Gasteiger partial charge is 0.191 e. The molecule has 1 aromatic heterocycles. The van der Waals surface area contributed by atoms with Crippen molar-refractivity contribution in [3.63, 3.8) is 0 Å². The summed E-state index contributed by atoms with van der Waals surface area (Å²) in [5.41, 5.74) is 2.77. The number of piperidine rings is 1. The van der Waals surface area contributed by atoms with Crippen molar-refractivity contribution in [1.29, 1.82) is 0 Å². The van der Waals surface area contributed by atoms with Crippen LogP contribution in [0.2, 0.25) is 0 Å². The minimum atomic E-state index is 0. The van der Waals surface area contributed by atoms with E-state index in [-0.39, 0.29) is 24.0 Å². The van der Waals surface area contributed by atoms with E-state index in [2.05, 4.69) is 69.2 Å². The van der Waals surface area contributed by atoms with Crippen LogP contribution in [-0.2, 0) is 19.6 Å². The number of halogens is 1. The van der Waals surface area contributed by atoms with Crippen LogP contribution < -0.4 is 10.6 Å². The maximum atomic E-state index is 4.35. The Bertz CT molecular complexity index is 702. The average molecular weight is 498 g/mol. The molecule has 27 heavy (non-hydrogen) atoms. The van der Waals surface area contributed by atoms with Gasteiger partial charge in [0.1, 0.15) is 0 Å². The predicted molar refractivity (Wildman–Crippen MR) is 127 cm³/mol. The number of nitrogens with one attached hydrogen (secondary N) is 2. The number of guanidine groups is 1. The number of rotatable bonds is 6. The van der Waals surface area contributed by atoms with Gasteiger partial charge in [-0.25, -0.2) is 0 Å². The standard InChI is InChI=1S/C21H30N4S.HI/c1-17-8-5-6-12-25(17)16-19-10-4-3-9-18(19)14-23-21(22-2)24-15-20-11-7-13-26-20;/h3-4,7,9-11,13,17H,5-6,8,12,14-16H2,1-2H3,(H2,22,23,24);1H. The van der Waals surface area contributed by atoms with Gasteiger partial charge in [0.2, 0.25) is 0 Å². The van der Waals surface area contributed by atoms with Crippen LogP contribution in [-0.4, -0.2) is 30.5 Å². The summed E-state index contributed by atoms with van der Waals surface area (Å²) in [6, 6.07) is 13.7. The number of aliphatic imine (C=N–C) groups is 1. The average Bonchev–Trinajstić information content (AvgIpc) is 3.18. The quantitative estimate of drug-likeness (QED) is 0.347. The molecule has 0 saturated carbocycles. The largest absolute Gasteiger partial charge is 0.352 e. The maximum absolute atomic E-state index is 4.35. The highest BCUT2D eigenvalue weighted by molar-refractivity contribution is 14.0. The molecule has 1 atom stereocenters. The van der Waals surface area contributed by atoms with E-state index >= 15 is 0 Å². The van der Waals surface area contributed by atoms with E-state index in [1.807, 2.05) is 7.05 Å². The highest BCUT2D eigenvalue weighted by Gasteiger charge is 2.19. The van der Waals surface area contributed by atoms with Crippen LogP contribution in [0.5, 0.6) is 0 Å². The number of hydrogen-bond donors (Lipinski definition) is 2. The highest BCUT2D eigenvalue weighted by atomic mass is 127. The summed E-state index contributed by atoms with van der Waals surface area (Å²) < 4.78 is 0. The van der Waals surface area contributed by atoms with Gasteiger partial charge in [0.25, 0.3) is 0 Å². The molecule has 1 fully saturated rings. The predicted octanol–water partition coefficient (Wildman–Crippen LogP) is 4.61. The van der Waals surface area contributed by atoms with Crippen molar-refractivity contribution in [2.75, 3.05) is 13.6 Å². The van der Waals surface area contributed by atoms with E-state index in [0.29, 0.717) is 6.04 Å². The molecule has 1 unspecified atom stereocenters. The van der Waals surface area contributed by atoms with Crippen molar-refractivity contribution < 1.29 is 0 Å². The fraction of sp³-hybridized carbons (Fsp3) is 0.476. The summed E-state index contributed by atoms with van der Waals surface area (Å²) in [4.78, 5) is 8.28. The Morgan fingerprint density at radius 2 is 1.89 bits per heavy atom. The molecule has 3 rings (SSSR count). The molecule has 2 aromatic rings. The fourth-order valence-electron chi connectivity index (χ4n) is 3.48. The zero-order valence-corrected chi connectivity index (χ0v) is 19.4. The molecule has 0 aliphatic carbocycles. The van der Waals surface area contributed by atoms with Gasteiger partial charge in [0, 0.05) is 31.1 Å². The lowest BCUT2D eigenvalue weighted by Crippen LogP contribution is -2.38. The van der Waals surface area contributed by atoms with E-state index in [1.54, 1.807) is 11.3 Å². The molecule has 1 aromatic carbocycles. The van der Waals surface area contributed by atoms with Crippen molar-refractivity contribution in [2.45, 2.75) is 51.9 Å². The third kappa shape index (κ3) is 6.76. The maximum Gasteiger partial charge on any atom is 0.191 e. The van der Waals surface area contributed by atoms with Gasteiger partial charge >= 0.3 is 0 Å². The summed E-state index contributed by atoms with van der Waals surface area (Å²) in [7, 11) is 1.82.